The maximum Gasteiger partial charge on any atom is 0.343 e. The van der Waals surface area contributed by atoms with E-state index in [0.29, 0.717) is 29.7 Å². The predicted molar refractivity (Wildman–Crippen MR) is 162 cm³/mol. The van der Waals surface area contributed by atoms with E-state index in [-0.39, 0.29) is 0 Å². The maximum atomic E-state index is 12.5. The van der Waals surface area contributed by atoms with E-state index in [2.05, 4.69) is 16.9 Å². The van der Waals surface area contributed by atoms with Crippen LogP contribution in [0.25, 0.3) is 11.4 Å². The molecule has 4 rings (SSSR count). The number of benzene rings is 2. The molecule has 5 nitrogen and oxygen atoms in total. The number of carbonyl (C=O) groups is 1. The highest BCUT2D eigenvalue weighted by Gasteiger charge is 2.22. The molecule has 1 aliphatic carbocycles. The number of esters is 1. The Morgan fingerprint density at radius 2 is 1.35 bits per heavy atom. The highest BCUT2D eigenvalue weighted by Crippen LogP contribution is 2.37. The fraction of sp³-hybridized carbons (Fsp3) is 0.514. The third-order valence-electron chi connectivity index (χ3n) is 8.18. The summed E-state index contributed by atoms with van der Waals surface area (Å²) in [7, 11) is 0. The van der Waals surface area contributed by atoms with Crippen LogP contribution in [0.2, 0.25) is 0 Å². The SMILES string of the molecule is CCCCCCCCCCC1CCC(c2cnc(-c3ccc(OC(=O)c4ccc(OCC)cc4)cc3)nc2)CC1. The summed E-state index contributed by atoms with van der Waals surface area (Å²) < 4.78 is 11.0. The van der Waals surface area contributed by atoms with Gasteiger partial charge in [-0.05, 0) is 98.5 Å². The molecule has 0 N–H and O–H groups in total. The zero-order chi connectivity index (χ0) is 28.0. The largest absolute Gasteiger partial charge is 0.494 e. The summed E-state index contributed by atoms with van der Waals surface area (Å²) in [6, 6.07) is 14.3. The minimum atomic E-state index is -0.399. The van der Waals surface area contributed by atoms with E-state index in [1.54, 1.807) is 36.4 Å². The van der Waals surface area contributed by atoms with Gasteiger partial charge in [-0.2, -0.15) is 0 Å². The maximum absolute atomic E-state index is 12.5. The quantitative estimate of drug-likeness (QED) is 0.109. The average Bonchev–Trinajstić information content (AvgIpc) is 3.00. The third kappa shape index (κ3) is 9.18. The van der Waals surface area contributed by atoms with Gasteiger partial charge < -0.3 is 9.47 Å². The van der Waals surface area contributed by atoms with Gasteiger partial charge in [0.2, 0.25) is 0 Å². The van der Waals surface area contributed by atoms with Gasteiger partial charge in [0, 0.05) is 18.0 Å². The number of hydrogen-bond acceptors (Lipinski definition) is 5. The van der Waals surface area contributed by atoms with Crippen molar-refractivity contribution in [2.24, 2.45) is 5.92 Å². The van der Waals surface area contributed by atoms with Crippen molar-refractivity contribution < 1.29 is 14.3 Å². The van der Waals surface area contributed by atoms with E-state index in [9.17, 15) is 4.79 Å². The Morgan fingerprint density at radius 1 is 0.750 bits per heavy atom. The molecule has 40 heavy (non-hydrogen) atoms. The van der Waals surface area contributed by atoms with Gasteiger partial charge in [0.05, 0.1) is 12.2 Å². The lowest BCUT2D eigenvalue weighted by Crippen LogP contribution is -2.14. The van der Waals surface area contributed by atoms with E-state index >= 15 is 0 Å². The molecular formula is C35H46N2O3. The highest BCUT2D eigenvalue weighted by molar-refractivity contribution is 5.91. The fourth-order valence-corrected chi connectivity index (χ4v) is 5.74. The summed E-state index contributed by atoms with van der Waals surface area (Å²) in [6.45, 7) is 4.80. The first-order valence-corrected chi connectivity index (χ1v) is 15.5. The van der Waals surface area contributed by atoms with Crippen molar-refractivity contribution in [2.75, 3.05) is 6.61 Å². The number of ether oxygens (including phenoxy) is 2. The van der Waals surface area contributed by atoms with Gasteiger partial charge in [-0.1, -0.05) is 64.7 Å². The minimum absolute atomic E-state index is 0.399. The van der Waals surface area contributed by atoms with Crippen LogP contribution in [0.1, 0.15) is 119 Å². The van der Waals surface area contributed by atoms with Crippen LogP contribution in [-0.4, -0.2) is 22.5 Å². The predicted octanol–water partition coefficient (Wildman–Crippen LogP) is 9.57. The van der Waals surface area contributed by atoms with Gasteiger partial charge in [-0.25, -0.2) is 14.8 Å². The zero-order valence-electron chi connectivity index (χ0n) is 24.4. The van der Waals surface area contributed by atoms with Gasteiger partial charge in [0.1, 0.15) is 11.5 Å². The molecule has 1 saturated carbocycles. The fourth-order valence-electron chi connectivity index (χ4n) is 5.74. The number of nitrogens with zero attached hydrogens (tertiary/aromatic N) is 2. The van der Waals surface area contributed by atoms with Crippen LogP contribution in [0.5, 0.6) is 11.5 Å². The molecule has 3 aromatic rings. The number of unbranched alkanes of at least 4 members (excludes halogenated alkanes) is 7. The Kier molecular flexibility index (Phi) is 12.0. The lowest BCUT2D eigenvalue weighted by atomic mass is 9.77. The topological polar surface area (TPSA) is 61.3 Å². The molecular weight excluding hydrogens is 496 g/mol. The Labute approximate surface area is 240 Å². The van der Waals surface area contributed by atoms with Crippen LogP contribution in [0, 0.1) is 5.92 Å². The molecule has 0 radical (unpaired) electrons. The Balaban J connectivity index is 1.19. The molecule has 0 atom stereocenters. The second-order valence-corrected chi connectivity index (χ2v) is 11.2. The smallest absolute Gasteiger partial charge is 0.343 e. The molecule has 1 aromatic heterocycles. The first kappa shape index (κ1) is 29.8. The van der Waals surface area contributed by atoms with Crippen LogP contribution in [-0.2, 0) is 0 Å². The molecule has 0 saturated heterocycles. The molecule has 5 heteroatoms. The van der Waals surface area contributed by atoms with Gasteiger partial charge in [-0.15, -0.1) is 0 Å². The second-order valence-electron chi connectivity index (χ2n) is 11.2. The van der Waals surface area contributed by atoms with E-state index in [1.165, 1.54) is 89.0 Å². The second kappa shape index (κ2) is 16.2. The van der Waals surface area contributed by atoms with Gasteiger partial charge >= 0.3 is 5.97 Å². The minimum Gasteiger partial charge on any atom is -0.494 e. The Bertz CT molecular complexity index is 1130. The molecule has 1 heterocycles. The molecule has 0 aliphatic heterocycles. The number of aromatic nitrogens is 2. The van der Waals surface area contributed by atoms with E-state index in [1.807, 2.05) is 31.5 Å². The molecule has 0 unspecified atom stereocenters. The Morgan fingerprint density at radius 3 is 1.98 bits per heavy atom. The molecule has 0 spiro atoms. The van der Waals surface area contributed by atoms with Gasteiger partial charge in [0.25, 0.3) is 0 Å². The summed E-state index contributed by atoms with van der Waals surface area (Å²) in [5.74, 6) is 2.99. The van der Waals surface area contributed by atoms with Gasteiger partial charge in [0.15, 0.2) is 5.82 Å². The Hall–Kier alpha value is -3.21. The molecule has 0 amide bonds. The van der Waals surface area contributed by atoms with Crippen molar-refractivity contribution in [3.05, 3.63) is 72.1 Å². The van der Waals surface area contributed by atoms with Crippen LogP contribution < -0.4 is 9.47 Å². The van der Waals surface area contributed by atoms with E-state index in [4.69, 9.17) is 9.47 Å². The lowest BCUT2D eigenvalue weighted by Gasteiger charge is -2.28. The first-order valence-electron chi connectivity index (χ1n) is 15.5. The molecule has 214 valence electrons. The van der Waals surface area contributed by atoms with Crippen LogP contribution in [0.3, 0.4) is 0 Å². The molecule has 0 bridgehead atoms. The summed E-state index contributed by atoms with van der Waals surface area (Å²) >= 11 is 0. The number of hydrogen-bond donors (Lipinski definition) is 0. The zero-order valence-corrected chi connectivity index (χ0v) is 24.4. The summed E-state index contributed by atoms with van der Waals surface area (Å²) in [5.41, 5.74) is 2.64. The van der Waals surface area contributed by atoms with Crippen LogP contribution >= 0.6 is 0 Å². The summed E-state index contributed by atoms with van der Waals surface area (Å²) in [4.78, 5) is 21.8. The van der Waals surface area contributed by atoms with Crippen molar-refractivity contribution in [3.63, 3.8) is 0 Å². The van der Waals surface area contributed by atoms with Crippen LogP contribution in [0.15, 0.2) is 60.9 Å². The monoisotopic (exact) mass is 542 g/mol. The number of rotatable bonds is 15. The summed E-state index contributed by atoms with van der Waals surface area (Å²) in [5, 5.41) is 0. The standard InChI is InChI=1S/C35H46N2O3/c1-3-5-6-7-8-9-10-11-12-27-13-15-28(16-14-27)31-25-36-34(37-26-31)29-17-23-33(24-18-29)40-35(38)30-19-21-32(22-20-30)39-4-2/h17-28H,3-16H2,1-2H3. The van der Waals surface area contributed by atoms with Crippen molar-refractivity contribution in [2.45, 2.75) is 103 Å². The van der Waals surface area contributed by atoms with E-state index < -0.39 is 5.97 Å². The summed E-state index contributed by atoms with van der Waals surface area (Å²) in [6.07, 6.45) is 21.8. The highest BCUT2D eigenvalue weighted by atomic mass is 16.5. The molecule has 1 aliphatic rings. The number of carbonyl (C=O) groups excluding carboxylic acids is 1. The average molecular weight is 543 g/mol. The van der Waals surface area contributed by atoms with Crippen molar-refractivity contribution in [3.8, 4) is 22.9 Å². The third-order valence-corrected chi connectivity index (χ3v) is 8.18. The van der Waals surface area contributed by atoms with Crippen LogP contribution in [0.4, 0.5) is 0 Å². The van der Waals surface area contributed by atoms with Gasteiger partial charge in [-0.3, -0.25) is 0 Å². The molecule has 2 aromatic carbocycles. The lowest BCUT2D eigenvalue weighted by molar-refractivity contribution is 0.0734. The van der Waals surface area contributed by atoms with Crippen molar-refractivity contribution in [1.29, 1.82) is 0 Å². The normalized spacial score (nSPS) is 16.9. The first-order chi connectivity index (χ1) is 19.7. The van der Waals surface area contributed by atoms with Crippen molar-refractivity contribution in [1.82, 2.24) is 9.97 Å². The molecule has 1 fully saturated rings. The van der Waals surface area contributed by atoms with E-state index in [0.717, 1.165) is 17.2 Å². The van der Waals surface area contributed by atoms with Crippen molar-refractivity contribution >= 4 is 5.97 Å².